The van der Waals surface area contributed by atoms with Crippen molar-refractivity contribution < 1.29 is 3.88 Å². The van der Waals surface area contributed by atoms with Gasteiger partial charge >= 0.3 is 18.3 Å². The molecule has 2 nitrogen and oxygen atoms in total. The summed E-state index contributed by atoms with van der Waals surface area (Å²) in [5.74, 6) is 0. The molecule has 0 aliphatic carbocycles. The van der Waals surface area contributed by atoms with Crippen molar-refractivity contribution in [2.45, 2.75) is 46.2 Å². The molecule has 0 rings (SSSR count). The fraction of sp³-hybridized carbons (Fsp3) is 1.00. The van der Waals surface area contributed by atoms with Gasteiger partial charge in [-0.05, 0) is 26.6 Å². The van der Waals surface area contributed by atoms with E-state index in [0.717, 1.165) is 0 Å². The van der Waals surface area contributed by atoms with Crippen molar-refractivity contribution in [2.75, 3.05) is 6.54 Å². The van der Waals surface area contributed by atoms with Crippen molar-refractivity contribution in [1.82, 2.24) is 0 Å². The lowest BCUT2D eigenvalue weighted by Gasteiger charge is -1.98. The van der Waals surface area contributed by atoms with Crippen LogP contribution < -0.4 is 0 Å². The maximum Gasteiger partial charge on any atom is 0.308 e. The van der Waals surface area contributed by atoms with Crippen LogP contribution in [-0.4, -0.2) is 47.0 Å². The van der Waals surface area contributed by atoms with Gasteiger partial charge in [-0.15, -0.1) is 0 Å². The minimum atomic E-state index is -0.199. The summed E-state index contributed by atoms with van der Waals surface area (Å²) >= 11 is 0. The van der Waals surface area contributed by atoms with Crippen molar-refractivity contribution in [3.8, 4) is 0 Å². The van der Waals surface area contributed by atoms with E-state index in [1.807, 2.05) is 0 Å². The van der Waals surface area contributed by atoms with Crippen LogP contribution in [0, 0.1) is 0 Å². The van der Waals surface area contributed by atoms with Gasteiger partial charge in [-0.3, -0.25) is 0 Å². The first-order valence-corrected chi connectivity index (χ1v) is 14.5. The Morgan fingerprint density at radius 2 is 1.64 bits per heavy atom. The van der Waals surface area contributed by atoms with E-state index in [-0.39, 0.29) is 36.5 Å². The molecule has 0 aromatic heterocycles. The van der Waals surface area contributed by atoms with Crippen molar-refractivity contribution in [2.24, 2.45) is 4.30 Å². The summed E-state index contributed by atoms with van der Waals surface area (Å²) in [7, 11) is -0.0827. The molecule has 0 aromatic carbocycles. The zero-order valence-corrected chi connectivity index (χ0v) is 15.8. The van der Waals surface area contributed by atoms with Gasteiger partial charge in [0.15, 0.2) is 0 Å². The highest BCUT2D eigenvalue weighted by atomic mass is 28.3. The quantitative estimate of drug-likeness (QED) is 0.683. The Morgan fingerprint density at radius 1 is 1.14 bits per heavy atom. The molecule has 84 valence electrons. The second-order valence-electron chi connectivity index (χ2n) is 3.54. The van der Waals surface area contributed by atoms with Crippen LogP contribution in [0.1, 0.15) is 6.92 Å². The highest BCUT2D eigenvalue weighted by Gasteiger charge is 1.97. The molecule has 0 aromatic rings. The molecule has 14 heavy (non-hydrogen) atoms. The van der Waals surface area contributed by atoms with E-state index in [1.165, 1.54) is 6.54 Å². The molecular formula is C8H27N2Si4+. The van der Waals surface area contributed by atoms with Crippen LogP contribution in [0.25, 0.3) is 0 Å². The third kappa shape index (κ3) is 12.5. The fourth-order valence-corrected chi connectivity index (χ4v) is 7.31. The van der Waals surface area contributed by atoms with Crippen LogP contribution in [0.2, 0.25) is 39.3 Å². The topological polar surface area (TPSA) is 15.4 Å². The predicted molar refractivity (Wildman–Crippen MR) is 77.0 cm³/mol. The maximum absolute atomic E-state index is 4.37. The Balaban J connectivity index is 0. The summed E-state index contributed by atoms with van der Waals surface area (Å²) in [5, 5.41) is 0. The zero-order chi connectivity index (χ0) is 11.6. The molecule has 0 spiro atoms. The lowest BCUT2D eigenvalue weighted by atomic mass is 10.8. The maximum atomic E-state index is 4.37. The first-order valence-electron chi connectivity index (χ1n) is 5.52. The number of hydrogen-bond donors (Lipinski definition) is 0. The molecule has 0 aliphatic heterocycles. The van der Waals surface area contributed by atoms with Gasteiger partial charge in [0.2, 0.25) is 0 Å². The summed E-state index contributed by atoms with van der Waals surface area (Å²) in [6.45, 7) is 17.3. The van der Waals surface area contributed by atoms with Crippen LogP contribution in [0.15, 0.2) is 4.30 Å². The summed E-state index contributed by atoms with van der Waals surface area (Å²) in [4.78, 5) is 0. The highest BCUT2D eigenvalue weighted by molar-refractivity contribution is 6.52. The molecule has 0 N–H and O–H groups in total. The van der Waals surface area contributed by atoms with Gasteiger partial charge in [0, 0.05) is 13.1 Å². The van der Waals surface area contributed by atoms with E-state index in [9.17, 15) is 0 Å². The number of hydrogen-bond acceptors (Lipinski definition) is 1. The normalized spacial score (nSPS) is 10.2. The van der Waals surface area contributed by atoms with Crippen molar-refractivity contribution in [3.05, 3.63) is 0 Å². The zero-order valence-electron chi connectivity index (χ0n) is 11.0. The third-order valence-corrected chi connectivity index (χ3v) is 11.3. The summed E-state index contributed by atoms with van der Waals surface area (Å²) in [6.07, 6.45) is 0. The molecular weight excluding hydrogens is 236 g/mol. The van der Waals surface area contributed by atoms with E-state index in [2.05, 4.69) is 54.4 Å². The monoisotopic (exact) mass is 263 g/mol. The number of rotatable bonds is 3. The standard InChI is InChI=1S/C5H16NSi2.C3H11NSi2/c1-5-6(7-2)8(3)4;1-5-4-6(2)3/h5,7H2,1-4H3;5H2,1-3H3/q+1;. The smallest absolute Gasteiger partial charge is 0.308 e. The van der Waals surface area contributed by atoms with E-state index >= 15 is 0 Å². The van der Waals surface area contributed by atoms with Crippen molar-refractivity contribution in [1.29, 1.82) is 0 Å². The Kier molecular flexibility index (Phi) is 13.9. The largest absolute Gasteiger partial charge is 0.398 e. The summed E-state index contributed by atoms with van der Waals surface area (Å²) < 4.78 is 7.02. The molecule has 0 saturated heterocycles. The van der Waals surface area contributed by atoms with Crippen LogP contribution in [-0.2, 0) is 0 Å². The molecule has 0 saturated carbocycles. The first kappa shape index (κ1) is 16.9. The van der Waals surface area contributed by atoms with E-state index in [0.29, 0.717) is 0 Å². The van der Waals surface area contributed by atoms with Crippen LogP contribution >= 0.6 is 0 Å². The molecule has 0 heterocycles. The molecule has 0 aliphatic rings. The second kappa shape index (κ2) is 11.5. The molecule has 0 atom stereocenters. The van der Waals surface area contributed by atoms with Gasteiger partial charge in [-0.25, -0.2) is 0 Å². The van der Waals surface area contributed by atoms with Crippen LogP contribution in [0.5, 0.6) is 0 Å². The Hall–Kier alpha value is 0.468. The molecule has 0 unspecified atom stereocenters. The van der Waals surface area contributed by atoms with Gasteiger partial charge in [0.1, 0.15) is 9.68 Å². The Morgan fingerprint density at radius 3 is 1.64 bits per heavy atom. The second-order valence-corrected chi connectivity index (χ2v) is 11.9. The summed E-state index contributed by atoms with van der Waals surface area (Å²) in [6, 6.07) is 0. The minimum absolute atomic E-state index is 0.0368. The van der Waals surface area contributed by atoms with Gasteiger partial charge in [-0.1, -0.05) is 6.55 Å². The fourth-order valence-electron chi connectivity index (χ4n) is 1.17. The van der Waals surface area contributed by atoms with Crippen LogP contribution in [0.3, 0.4) is 0 Å². The van der Waals surface area contributed by atoms with Crippen LogP contribution in [0.4, 0.5) is 0 Å². The molecule has 0 radical (unpaired) electrons. The van der Waals surface area contributed by atoms with E-state index < -0.39 is 0 Å². The van der Waals surface area contributed by atoms with Gasteiger partial charge in [-0.2, -0.15) is 0 Å². The van der Waals surface area contributed by atoms with Gasteiger partial charge in [0.25, 0.3) is 0 Å². The minimum Gasteiger partial charge on any atom is -0.398 e. The molecule has 0 fully saturated rings. The van der Waals surface area contributed by atoms with E-state index in [4.69, 9.17) is 0 Å². The summed E-state index contributed by atoms with van der Waals surface area (Å²) in [5.41, 5.74) is 0. The predicted octanol–water partition coefficient (Wildman–Crippen LogP) is 1.31. The molecule has 6 heteroatoms. The Bertz CT molecular complexity index is 188. The number of nitrogens with zero attached hydrogens (tertiary/aromatic N) is 2. The van der Waals surface area contributed by atoms with Crippen molar-refractivity contribution in [3.63, 3.8) is 0 Å². The molecule has 0 bridgehead atoms. The van der Waals surface area contributed by atoms with Crippen molar-refractivity contribution >= 4 is 36.5 Å². The SMILES string of the molecule is CC[N+]([SiH2]C)=[Si](C)C.C[SiH2]N=[Si](C)C. The average molecular weight is 264 g/mol. The highest BCUT2D eigenvalue weighted by Crippen LogP contribution is 1.74. The molecule has 0 amide bonds. The van der Waals surface area contributed by atoms with Gasteiger partial charge in [0.05, 0.1) is 15.1 Å². The average Bonchev–Trinajstić information content (AvgIpc) is 2.06. The lowest BCUT2D eigenvalue weighted by Crippen LogP contribution is -2.20. The van der Waals surface area contributed by atoms with Gasteiger partial charge < -0.3 is 8.18 Å². The first-order chi connectivity index (χ1) is 6.49. The van der Waals surface area contributed by atoms with E-state index in [1.54, 1.807) is 0 Å². The third-order valence-electron chi connectivity index (χ3n) is 1.87. The lowest BCUT2D eigenvalue weighted by molar-refractivity contribution is -0.364. The Labute approximate surface area is 97.6 Å².